The maximum absolute atomic E-state index is 6.14. The van der Waals surface area contributed by atoms with E-state index in [1.807, 2.05) is 0 Å². The fourth-order valence-electron chi connectivity index (χ4n) is 3.05. The minimum atomic E-state index is 0.0160. The largest absolute Gasteiger partial charge is 0.493 e. The van der Waals surface area contributed by atoms with Crippen molar-refractivity contribution in [1.29, 1.82) is 0 Å². The molecule has 6 heteroatoms. The Hall–Kier alpha value is -1.37. The number of aromatic nitrogens is 1. The summed E-state index contributed by atoms with van der Waals surface area (Å²) in [6.07, 6.45) is 2.11. The molecule has 0 bridgehead atoms. The van der Waals surface area contributed by atoms with E-state index in [4.69, 9.17) is 20.2 Å². The minimum absolute atomic E-state index is 0.0160. The van der Waals surface area contributed by atoms with Gasteiger partial charge in [0.1, 0.15) is 5.75 Å². The Balaban J connectivity index is 1.62. The van der Waals surface area contributed by atoms with E-state index in [-0.39, 0.29) is 18.2 Å². The van der Waals surface area contributed by atoms with Crippen LogP contribution in [0, 0.1) is 0 Å². The third-order valence-electron chi connectivity index (χ3n) is 4.22. The lowest BCUT2D eigenvalue weighted by atomic mass is 10.0. The van der Waals surface area contributed by atoms with E-state index in [1.165, 1.54) is 10.3 Å². The fourth-order valence-corrected chi connectivity index (χ4v) is 4.01. The quantitative estimate of drug-likeness (QED) is 0.889. The predicted molar refractivity (Wildman–Crippen MR) is 84.2 cm³/mol. The van der Waals surface area contributed by atoms with Crippen LogP contribution in [0.15, 0.2) is 12.1 Å². The lowest BCUT2D eigenvalue weighted by Crippen LogP contribution is -2.49. The van der Waals surface area contributed by atoms with Crippen molar-refractivity contribution in [3.05, 3.63) is 17.7 Å². The summed E-state index contributed by atoms with van der Waals surface area (Å²) in [6, 6.07) is 4.38. The molecule has 3 heterocycles. The summed E-state index contributed by atoms with van der Waals surface area (Å²) in [4.78, 5) is 4.77. The summed E-state index contributed by atoms with van der Waals surface area (Å²) in [5.41, 5.74) is 8.46. The molecule has 21 heavy (non-hydrogen) atoms. The van der Waals surface area contributed by atoms with Crippen LogP contribution in [0.2, 0.25) is 0 Å². The first-order valence-corrected chi connectivity index (χ1v) is 8.21. The number of hydrogen-bond acceptors (Lipinski definition) is 6. The number of thiazole rings is 1. The smallest absolute Gasteiger partial charge is 0.184 e. The highest BCUT2D eigenvalue weighted by atomic mass is 32.1. The zero-order valence-corrected chi connectivity index (χ0v) is 12.8. The number of anilines is 1. The highest BCUT2D eigenvalue weighted by Crippen LogP contribution is 2.36. The normalized spacial score (nSPS) is 28.4. The molecule has 1 aromatic heterocycles. The Morgan fingerprint density at radius 1 is 1.43 bits per heavy atom. The molecule has 1 aromatic carbocycles. The van der Waals surface area contributed by atoms with Crippen LogP contribution in [0.3, 0.4) is 0 Å². The van der Waals surface area contributed by atoms with Crippen LogP contribution in [0.25, 0.3) is 10.2 Å². The molecule has 112 valence electrons. The maximum Gasteiger partial charge on any atom is 0.184 e. The van der Waals surface area contributed by atoms with Crippen molar-refractivity contribution in [2.75, 3.05) is 18.5 Å². The van der Waals surface area contributed by atoms with Gasteiger partial charge in [-0.2, -0.15) is 0 Å². The molecule has 2 aliphatic rings. The Morgan fingerprint density at radius 3 is 3.24 bits per heavy atom. The van der Waals surface area contributed by atoms with Gasteiger partial charge in [-0.25, -0.2) is 4.98 Å². The van der Waals surface area contributed by atoms with Gasteiger partial charge in [0.15, 0.2) is 5.13 Å². The Morgan fingerprint density at radius 2 is 2.33 bits per heavy atom. The van der Waals surface area contributed by atoms with Gasteiger partial charge < -0.3 is 20.5 Å². The van der Waals surface area contributed by atoms with E-state index in [0.717, 1.165) is 35.8 Å². The van der Waals surface area contributed by atoms with Gasteiger partial charge >= 0.3 is 0 Å². The van der Waals surface area contributed by atoms with E-state index in [0.29, 0.717) is 6.61 Å². The standard InChI is InChI=1S/C15H19N3O2S/c1-8-6-11(10(16)7-20-8)17-15-18-14-9-4-5-19-12(9)2-3-13(14)21-15/h2-3,8,10-11H,4-7,16H2,1H3,(H,17,18)/t8-,10+,11-/m1/s1. The van der Waals surface area contributed by atoms with Crippen LogP contribution in [0.4, 0.5) is 5.13 Å². The molecule has 1 saturated heterocycles. The SMILES string of the molecule is C[C@@H]1C[C@@H](Nc2nc3c4c(ccc3s2)OCC4)[C@@H](N)CO1. The van der Waals surface area contributed by atoms with Crippen molar-refractivity contribution in [2.45, 2.75) is 38.0 Å². The highest BCUT2D eigenvalue weighted by Gasteiger charge is 2.27. The zero-order chi connectivity index (χ0) is 14.4. The molecular weight excluding hydrogens is 286 g/mol. The molecule has 0 saturated carbocycles. The summed E-state index contributed by atoms with van der Waals surface area (Å²) in [5.74, 6) is 0.982. The first-order valence-electron chi connectivity index (χ1n) is 7.39. The summed E-state index contributed by atoms with van der Waals surface area (Å²) >= 11 is 1.69. The van der Waals surface area contributed by atoms with Gasteiger partial charge in [-0.3, -0.25) is 0 Å². The molecule has 2 aliphatic heterocycles. The average molecular weight is 305 g/mol. The van der Waals surface area contributed by atoms with E-state index >= 15 is 0 Å². The second-order valence-electron chi connectivity index (χ2n) is 5.80. The number of rotatable bonds is 2. The van der Waals surface area contributed by atoms with E-state index in [9.17, 15) is 0 Å². The van der Waals surface area contributed by atoms with Crippen LogP contribution in [0.5, 0.6) is 5.75 Å². The van der Waals surface area contributed by atoms with Gasteiger partial charge in [0.25, 0.3) is 0 Å². The van der Waals surface area contributed by atoms with Gasteiger partial charge in [0.05, 0.1) is 29.5 Å². The zero-order valence-electron chi connectivity index (χ0n) is 12.0. The van der Waals surface area contributed by atoms with E-state index in [2.05, 4.69) is 24.4 Å². The molecule has 3 N–H and O–H groups in total. The minimum Gasteiger partial charge on any atom is -0.493 e. The number of hydrogen-bond donors (Lipinski definition) is 2. The maximum atomic E-state index is 6.14. The Labute approximate surface area is 127 Å². The lowest BCUT2D eigenvalue weighted by Gasteiger charge is -2.33. The number of fused-ring (bicyclic) bond motifs is 3. The van der Waals surface area contributed by atoms with Crippen molar-refractivity contribution in [1.82, 2.24) is 4.98 Å². The number of nitrogens with one attached hydrogen (secondary N) is 1. The molecule has 0 unspecified atom stereocenters. The van der Waals surface area contributed by atoms with Gasteiger partial charge in [0, 0.05) is 24.1 Å². The van der Waals surface area contributed by atoms with Crippen LogP contribution < -0.4 is 15.8 Å². The second kappa shape index (κ2) is 5.12. The summed E-state index contributed by atoms with van der Waals surface area (Å²) in [7, 11) is 0. The van der Waals surface area contributed by atoms with Gasteiger partial charge in [-0.1, -0.05) is 11.3 Å². The highest BCUT2D eigenvalue weighted by molar-refractivity contribution is 7.22. The van der Waals surface area contributed by atoms with Crippen molar-refractivity contribution in [2.24, 2.45) is 5.73 Å². The molecule has 0 aliphatic carbocycles. The van der Waals surface area contributed by atoms with Gasteiger partial charge in [-0.05, 0) is 25.5 Å². The lowest BCUT2D eigenvalue weighted by molar-refractivity contribution is 0.0115. The number of nitrogens with two attached hydrogens (primary N) is 1. The molecule has 2 aromatic rings. The topological polar surface area (TPSA) is 69.4 Å². The Kier molecular flexibility index (Phi) is 3.24. The van der Waals surface area contributed by atoms with Crippen molar-refractivity contribution in [3.63, 3.8) is 0 Å². The molecule has 0 amide bonds. The summed E-state index contributed by atoms with van der Waals surface area (Å²) < 4.78 is 12.4. The molecule has 5 nitrogen and oxygen atoms in total. The van der Waals surface area contributed by atoms with Crippen LogP contribution in [0.1, 0.15) is 18.9 Å². The van der Waals surface area contributed by atoms with Gasteiger partial charge in [0.2, 0.25) is 0 Å². The van der Waals surface area contributed by atoms with E-state index < -0.39 is 0 Å². The van der Waals surface area contributed by atoms with Crippen molar-refractivity contribution < 1.29 is 9.47 Å². The first-order chi connectivity index (χ1) is 10.2. The van der Waals surface area contributed by atoms with Crippen molar-refractivity contribution >= 4 is 26.7 Å². The first kappa shape index (κ1) is 13.3. The third-order valence-corrected chi connectivity index (χ3v) is 5.17. The molecule has 0 spiro atoms. The molecule has 4 rings (SSSR count). The Bertz CT molecular complexity index is 672. The molecule has 3 atom stereocenters. The summed E-state index contributed by atoms with van der Waals surface area (Å²) in [6.45, 7) is 3.45. The number of nitrogens with zero attached hydrogens (tertiary/aromatic N) is 1. The van der Waals surface area contributed by atoms with Crippen molar-refractivity contribution in [3.8, 4) is 5.75 Å². The van der Waals surface area contributed by atoms with Crippen LogP contribution in [-0.4, -0.2) is 36.4 Å². The van der Waals surface area contributed by atoms with Crippen LogP contribution >= 0.6 is 11.3 Å². The fraction of sp³-hybridized carbons (Fsp3) is 0.533. The molecule has 0 radical (unpaired) electrons. The predicted octanol–water partition coefficient (Wildman–Crippen LogP) is 2.15. The average Bonchev–Trinajstić information content (AvgIpc) is 3.07. The monoisotopic (exact) mass is 305 g/mol. The van der Waals surface area contributed by atoms with Crippen LogP contribution in [-0.2, 0) is 11.2 Å². The second-order valence-corrected chi connectivity index (χ2v) is 6.83. The third kappa shape index (κ3) is 2.37. The summed E-state index contributed by atoms with van der Waals surface area (Å²) in [5, 5.41) is 4.45. The van der Waals surface area contributed by atoms with E-state index in [1.54, 1.807) is 11.3 Å². The number of benzene rings is 1. The molecule has 1 fully saturated rings. The molecular formula is C15H19N3O2S. The van der Waals surface area contributed by atoms with Gasteiger partial charge in [-0.15, -0.1) is 0 Å². The number of ether oxygens (including phenoxy) is 2.